The molecule has 0 atom stereocenters. The van der Waals surface area contributed by atoms with E-state index in [-0.39, 0.29) is 28.9 Å². The lowest BCUT2D eigenvalue weighted by Gasteiger charge is -1.99. The van der Waals surface area contributed by atoms with Crippen molar-refractivity contribution >= 4 is 46.1 Å². The highest BCUT2D eigenvalue weighted by molar-refractivity contribution is 7.15. The number of hydrazone groups is 1. The average Bonchev–Trinajstić information content (AvgIpc) is 2.97. The number of nitrogens with one attached hydrogen (secondary N) is 2. The highest BCUT2D eigenvalue weighted by Gasteiger charge is 2.10. The number of benzene rings is 1. The summed E-state index contributed by atoms with van der Waals surface area (Å²) in [7, 11) is 0. The maximum absolute atomic E-state index is 11.7. The number of aromatic hydroxyl groups is 2. The Kier molecular flexibility index (Phi) is 6.04. The molecule has 0 aliphatic heterocycles. The molecule has 2 rings (SSSR count). The van der Waals surface area contributed by atoms with Crippen LogP contribution in [0.4, 0.5) is 5.13 Å². The number of rotatable bonds is 6. The van der Waals surface area contributed by atoms with E-state index in [1.54, 1.807) is 0 Å². The number of nitrogens with zero attached hydrogens (tertiary/aromatic N) is 3. The minimum absolute atomic E-state index is 0.0629. The topological polar surface area (TPSA) is 137 Å². The summed E-state index contributed by atoms with van der Waals surface area (Å²) in [5.41, 5.74) is 2.78. The normalized spacial score (nSPS) is 10.7. The van der Waals surface area contributed by atoms with Crippen molar-refractivity contribution in [2.75, 3.05) is 11.2 Å². The lowest BCUT2D eigenvalue weighted by Crippen LogP contribution is -2.19. The van der Waals surface area contributed by atoms with Gasteiger partial charge in [0.1, 0.15) is 10.9 Å². The molecule has 11 heteroatoms. The Morgan fingerprint density at radius 2 is 2.04 bits per heavy atom. The van der Waals surface area contributed by atoms with Crippen LogP contribution in [0.1, 0.15) is 10.6 Å². The van der Waals surface area contributed by atoms with Crippen molar-refractivity contribution in [2.45, 2.75) is 6.42 Å². The number of aromatic nitrogens is 2. The summed E-state index contributed by atoms with van der Waals surface area (Å²) >= 11 is 6.41. The molecule has 1 aromatic heterocycles. The third-order valence-corrected chi connectivity index (χ3v) is 3.63. The van der Waals surface area contributed by atoms with Gasteiger partial charge in [-0.1, -0.05) is 11.3 Å². The molecule has 0 spiro atoms. The van der Waals surface area contributed by atoms with Crippen LogP contribution in [0.2, 0.25) is 0 Å². The van der Waals surface area contributed by atoms with E-state index in [1.165, 1.54) is 24.4 Å². The van der Waals surface area contributed by atoms with E-state index in [2.05, 4.69) is 26.0 Å². The van der Waals surface area contributed by atoms with E-state index in [9.17, 15) is 19.8 Å². The number of carbonyl (C=O) groups is 2. The zero-order valence-corrected chi connectivity index (χ0v) is 13.6. The first kappa shape index (κ1) is 17.6. The van der Waals surface area contributed by atoms with Crippen LogP contribution in [0.3, 0.4) is 0 Å². The van der Waals surface area contributed by atoms with E-state index in [1.807, 2.05) is 0 Å². The summed E-state index contributed by atoms with van der Waals surface area (Å²) in [5.74, 6) is -1.57. The fraction of sp³-hybridized carbons (Fsp3) is 0.154. The molecule has 1 heterocycles. The third kappa shape index (κ3) is 5.18. The molecule has 9 nitrogen and oxygen atoms in total. The summed E-state index contributed by atoms with van der Waals surface area (Å²) in [6, 6.07) is 4.11. The van der Waals surface area contributed by atoms with Gasteiger partial charge in [-0.05, 0) is 23.8 Å². The Morgan fingerprint density at radius 1 is 1.25 bits per heavy atom. The summed E-state index contributed by atoms with van der Waals surface area (Å²) in [6.07, 6.45) is 1.25. The Hall–Kier alpha value is -2.72. The standard InChI is InChI=1S/C13H12ClN5O4S/c14-5-11(23)16-13-19-18-12(24-13)4-10(22)17-15-6-7-1-2-8(20)9(21)3-7/h1-3,6,20-21H,4-5H2,(H,17,22)(H,16,19,23)/b15-6-. The number of alkyl halides is 1. The van der Waals surface area contributed by atoms with Crippen LogP contribution >= 0.6 is 22.9 Å². The predicted octanol–water partition coefficient (Wildman–Crippen LogP) is 0.819. The first-order chi connectivity index (χ1) is 11.5. The van der Waals surface area contributed by atoms with E-state index in [0.29, 0.717) is 10.6 Å². The molecular weight excluding hydrogens is 358 g/mol. The van der Waals surface area contributed by atoms with Crippen molar-refractivity contribution in [1.82, 2.24) is 15.6 Å². The number of carbonyl (C=O) groups excluding carboxylic acids is 2. The maximum Gasteiger partial charge on any atom is 0.247 e. The fourth-order valence-electron chi connectivity index (χ4n) is 1.50. The van der Waals surface area contributed by atoms with Gasteiger partial charge in [0.2, 0.25) is 16.9 Å². The summed E-state index contributed by atoms with van der Waals surface area (Å²) in [4.78, 5) is 22.8. The van der Waals surface area contributed by atoms with Crippen LogP contribution in [0.25, 0.3) is 0 Å². The first-order valence-electron chi connectivity index (χ1n) is 6.50. The largest absolute Gasteiger partial charge is 0.504 e. The zero-order valence-electron chi connectivity index (χ0n) is 12.1. The molecule has 24 heavy (non-hydrogen) atoms. The zero-order chi connectivity index (χ0) is 17.5. The molecule has 126 valence electrons. The molecular formula is C13H12ClN5O4S. The van der Waals surface area contributed by atoms with Gasteiger partial charge in [-0.2, -0.15) is 5.10 Å². The van der Waals surface area contributed by atoms with E-state index in [0.717, 1.165) is 11.3 Å². The number of hydrogen-bond acceptors (Lipinski definition) is 8. The van der Waals surface area contributed by atoms with Gasteiger partial charge in [0.25, 0.3) is 0 Å². The van der Waals surface area contributed by atoms with Crippen molar-refractivity contribution in [2.24, 2.45) is 5.10 Å². The number of amides is 2. The number of halogens is 1. The lowest BCUT2D eigenvalue weighted by molar-refractivity contribution is -0.120. The molecule has 0 saturated heterocycles. The van der Waals surface area contributed by atoms with Crippen LogP contribution in [-0.4, -0.2) is 44.3 Å². The summed E-state index contributed by atoms with van der Waals surface area (Å²) < 4.78 is 0. The van der Waals surface area contributed by atoms with Gasteiger partial charge in [-0.15, -0.1) is 21.8 Å². The van der Waals surface area contributed by atoms with Crippen LogP contribution < -0.4 is 10.7 Å². The molecule has 0 unspecified atom stereocenters. The molecule has 1 aromatic carbocycles. The van der Waals surface area contributed by atoms with Gasteiger partial charge in [-0.3, -0.25) is 14.9 Å². The maximum atomic E-state index is 11.7. The highest BCUT2D eigenvalue weighted by atomic mass is 35.5. The van der Waals surface area contributed by atoms with Gasteiger partial charge in [0, 0.05) is 0 Å². The van der Waals surface area contributed by atoms with Gasteiger partial charge in [-0.25, -0.2) is 5.43 Å². The third-order valence-electron chi connectivity index (χ3n) is 2.55. The fourth-order valence-corrected chi connectivity index (χ4v) is 2.33. The van der Waals surface area contributed by atoms with Gasteiger partial charge in [0.05, 0.1) is 12.6 Å². The molecule has 0 aliphatic rings. The molecule has 0 fully saturated rings. The monoisotopic (exact) mass is 369 g/mol. The van der Waals surface area contributed by atoms with Crippen LogP contribution in [-0.2, 0) is 16.0 Å². The quantitative estimate of drug-likeness (QED) is 0.257. The van der Waals surface area contributed by atoms with Crippen molar-refractivity contribution in [1.29, 1.82) is 0 Å². The molecule has 0 radical (unpaired) electrons. The van der Waals surface area contributed by atoms with Gasteiger partial charge in [0.15, 0.2) is 11.5 Å². The molecule has 0 aliphatic carbocycles. The molecule has 0 saturated carbocycles. The van der Waals surface area contributed by atoms with E-state index < -0.39 is 11.8 Å². The van der Waals surface area contributed by atoms with Crippen molar-refractivity contribution in [3.63, 3.8) is 0 Å². The second-order valence-electron chi connectivity index (χ2n) is 4.40. The van der Waals surface area contributed by atoms with E-state index >= 15 is 0 Å². The Bertz CT molecular complexity index is 779. The molecule has 0 bridgehead atoms. The SMILES string of the molecule is O=C(Cc1nnc(NC(=O)CCl)s1)N/N=C\c1ccc(O)c(O)c1. The molecule has 2 amide bonds. The van der Waals surface area contributed by atoms with Crippen molar-refractivity contribution in [3.05, 3.63) is 28.8 Å². The average molecular weight is 370 g/mol. The second-order valence-corrected chi connectivity index (χ2v) is 5.73. The van der Waals surface area contributed by atoms with E-state index in [4.69, 9.17) is 11.6 Å². The van der Waals surface area contributed by atoms with Gasteiger partial charge >= 0.3 is 0 Å². The Balaban J connectivity index is 1.85. The Labute approximate surface area is 145 Å². The molecule has 4 N–H and O–H groups in total. The van der Waals surface area contributed by atoms with Crippen molar-refractivity contribution < 1.29 is 19.8 Å². The smallest absolute Gasteiger partial charge is 0.247 e. The molecule has 2 aromatic rings. The number of hydrogen-bond donors (Lipinski definition) is 4. The Morgan fingerprint density at radius 3 is 2.75 bits per heavy atom. The van der Waals surface area contributed by atoms with Crippen LogP contribution in [0.15, 0.2) is 23.3 Å². The van der Waals surface area contributed by atoms with Crippen molar-refractivity contribution in [3.8, 4) is 11.5 Å². The summed E-state index contributed by atoms with van der Waals surface area (Å²) in [5, 5.41) is 32.8. The highest BCUT2D eigenvalue weighted by Crippen LogP contribution is 2.23. The first-order valence-corrected chi connectivity index (χ1v) is 7.85. The minimum atomic E-state index is -0.430. The minimum Gasteiger partial charge on any atom is -0.504 e. The second kappa shape index (κ2) is 8.22. The van der Waals surface area contributed by atoms with Crippen LogP contribution in [0.5, 0.6) is 11.5 Å². The van der Waals surface area contributed by atoms with Crippen LogP contribution in [0, 0.1) is 0 Å². The number of phenolic OH excluding ortho intramolecular Hbond substituents is 2. The van der Waals surface area contributed by atoms with Gasteiger partial charge < -0.3 is 10.2 Å². The lowest BCUT2D eigenvalue weighted by atomic mass is 10.2. The predicted molar refractivity (Wildman–Crippen MR) is 88.5 cm³/mol. The number of phenols is 2. The number of anilines is 1. The summed E-state index contributed by atoms with van der Waals surface area (Å²) in [6.45, 7) is 0.